The number of carbonyl (C=O) groups excluding carboxylic acids is 1. The van der Waals surface area contributed by atoms with E-state index < -0.39 is 0 Å². The second-order valence-corrected chi connectivity index (χ2v) is 7.65. The number of guanidine groups is 1. The third-order valence-corrected chi connectivity index (χ3v) is 5.75. The van der Waals surface area contributed by atoms with Gasteiger partial charge < -0.3 is 20.3 Å². The summed E-state index contributed by atoms with van der Waals surface area (Å²) in [6.07, 6.45) is 2.27. The lowest BCUT2D eigenvalue weighted by molar-refractivity contribution is 0.0954. The summed E-state index contributed by atoms with van der Waals surface area (Å²) < 4.78 is 5.57. The summed E-state index contributed by atoms with van der Waals surface area (Å²) in [6.45, 7) is 4.75. The molecule has 26 heavy (non-hydrogen) atoms. The Hall–Kier alpha value is -1.50. The molecular formula is C18H24Cl2N4O2. The molecule has 2 aliphatic heterocycles. The van der Waals surface area contributed by atoms with Crippen LogP contribution in [0.2, 0.25) is 10.0 Å². The first-order valence-corrected chi connectivity index (χ1v) is 9.55. The number of aliphatic imine (C=N–C) groups is 1. The van der Waals surface area contributed by atoms with Gasteiger partial charge in [0.05, 0.1) is 16.7 Å². The van der Waals surface area contributed by atoms with Gasteiger partial charge in [-0.1, -0.05) is 23.2 Å². The van der Waals surface area contributed by atoms with E-state index in [9.17, 15) is 4.79 Å². The van der Waals surface area contributed by atoms with Crippen molar-refractivity contribution in [3.8, 4) is 0 Å². The largest absolute Gasteiger partial charge is 0.381 e. The van der Waals surface area contributed by atoms with Crippen molar-refractivity contribution in [1.29, 1.82) is 0 Å². The zero-order valence-electron chi connectivity index (χ0n) is 14.9. The molecule has 0 bridgehead atoms. The van der Waals surface area contributed by atoms with Gasteiger partial charge in [-0.15, -0.1) is 0 Å². The highest BCUT2D eigenvalue weighted by Gasteiger charge is 2.42. The third-order valence-electron chi connectivity index (χ3n) is 5.01. The fraction of sp³-hybridized carbons (Fsp3) is 0.556. The first kappa shape index (κ1) is 19.3. The van der Waals surface area contributed by atoms with Gasteiger partial charge in [0.25, 0.3) is 5.91 Å². The summed E-state index contributed by atoms with van der Waals surface area (Å²) in [4.78, 5) is 18.8. The highest BCUT2D eigenvalue weighted by atomic mass is 35.5. The van der Waals surface area contributed by atoms with Crippen LogP contribution in [0, 0.1) is 5.41 Å². The van der Waals surface area contributed by atoms with Gasteiger partial charge in [-0.05, 0) is 31.0 Å². The number of ether oxygens (including phenoxy) is 1. The number of hydrogen-bond donors (Lipinski definition) is 2. The molecule has 8 heteroatoms. The SMILES string of the molecule is CN=C(NCCNC(=O)c1ccc(Cl)c(Cl)c1)N1CCC2(CCOC2)C1. The summed E-state index contributed by atoms with van der Waals surface area (Å²) in [7, 11) is 1.78. The molecule has 2 N–H and O–H groups in total. The molecule has 1 amide bonds. The van der Waals surface area contributed by atoms with E-state index in [1.54, 1.807) is 25.2 Å². The van der Waals surface area contributed by atoms with Gasteiger partial charge in [-0.25, -0.2) is 0 Å². The summed E-state index contributed by atoms with van der Waals surface area (Å²) in [5, 5.41) is 6.99. The van der Waals surface area contributed by atoms with Crippen LogP contribution in [0.4, 0.5) is 0 Å². The maximum atomic E-state index is 12.2. The lowest BCUT2D eigenvalue weighted by Gasteiger charge is -2.25. The number of carbonyl (C=O) groups is 1. The lowest BCUT2D eigenvalue weighted by atomic mass is 9.87. The zero-order valence-corrected chi connectivity index (χ0v) is 16.4. The molecule has 6 nitrogen and oxygen atoms in total. The second kappa shape index (κ2) is 8.46. The summed E-state index contributed by atoms with van der Waals surface area (Å²) in [5.41, 5.74) is 0.783. The average molecular weight is 399 g/mol. The molecule has 0 saturated carbocycles. The minimum absolute atomic E-state index is 0.177. The van der Waals surface area contributed by atoms with Crippen molar-refractivity contribution in [1.82, 2.24) is 15.5 Å². The minimum atomic E-state index is -0.177. The van der Waals surface area contributed by atoms with Gasteiger partial charge in [-0.2, -0.15) is 0 Å². The van der Waals surface area contributed by atoms with Crippen LogP contribution < -0.4 is 10.6 Å². The van der Waals surface area contributed by atoms with E-state index in [0.29, 0.717) is 34.1 Å². The number of nitrogens with zero attached hydrogens (tertiary/aromatic N) is 2. The van der Waals surface area contributed by atoms with Crippen LogP contribution in [0.15, 0.2) is 23.2 Å². The Morgan fingerprint density at radius 2 is 2.08 bits per heavy atom. The number of rotatable bonds is 4. The van der Waals surface area contributed by atoms with E-state index in [4.69, 9.17) is 27.9 Å². The highest BCUT2D eigenvalue weighted by molar-refractivity contribution is 6.42. The number of amides is 1. The summed E-state index contributed by atoms with van der Waals surface area (Å²) in [5.74, 6) is 0.696. The van der Waals surface area contributed by atoms with Gasteiger partial charge in [0.1, 0.15) is 0 Å². The average Bonchev–Trinajstić information content (AvgIpc) is 3.27. The number of hydrogen-bond acceptors (Lipinski definition) is 3. The number of nitrogens with one attached hydrogen (secondary N) is 2. The summed E-state index contributed by atoms with van der Waals surface area (Å²) >= 11 is 11.8. The number of halogens is 2. The zero-order chi connectivity index (χ0) is 18.6. The van der Waals surface area contributed by atoms with Crippen LogP contribution in [0.25, 0.3) is 0 Å². The first-order chi connectivity index (χ1) is 12.5. The van der Waals surface area contributed by atoms with E-state index in [-0.39, 0.29) is 5.91 Å². The standard InChI is InChI=1S/C18H24Cl2N4O2/c1-21-17(24-8-4-18(11-24)5-9-26-12-18)23-7-6-22-16(25)13-2-3-14(19)15(20)10-13/h2-3,10H,4-9,11-12H2,1H3,(H,21,23)(H,22,25). The molecule has 1 unspecified atom stereocenters. The molecule has 1 spiro atoms. The fourth-order valence-corrected chi connectivity index (χ4v) is 3.81. The van der Waals surface area contributed by atoms with Crippen LogP contribution in [-0.2, 0) is 4.74 Å². The van der Waals surface area contributed by atoms with E-state index in [2.05, 4.69) is 20.5 Å². The van der Waals surface area contributed by atoms with Crippen LogP contribution in [0.5, 0.6) is 0 Å². The molecule has 2 aliphatic rings. The van der Waals surface area contributed by atoms with Crippen LogP contribution in [0.1, 0.15) is 23.2 Å². The Bertz CT molecular complexity index is 690. The third kappa shape index (κ3) is 4.42. The molecule has 142 valence electrons. The Kier molecular flexibility index (Phi) is 6.27. The van der Waals surface area contributed by atoms with Gasteiger partial charge in [0.2, 0.25) is 0 Å². The van der Waals surface area contributed by atoms with Crippen molar-refractivity contribution in [2.45, 2.75) is 12.8 Å². The fourth-order valence-electron chi connectivity index (χ4n) is 3.51. The number of likely N-dealkylation sites (tertiary alicyclic amines) is 1. The van der Waals surface area contributed by atoms with Crippen LogP contribution >= 0.6 is 23.2 Å². The van der Waals surface area contributed by atoms with Crippen LogP contribution in [0.3, 0.4) is 0 Å². The van der Waals surface area contributed by atoms with Crippen molar-refractivity contribution in [3.63, 3.8) is 0 Å². The van der Waals surface area contributed by atoms with Crippen molar-refractivity contribution in [2.75, 3.05) is 46.4 Å². The monoisotopic (exact) mass is 398 g/mol. The predicted molar refractivity (Wildman–Crippen MR) is 104 cm³/mol. The molecule has 1 aromatic rings. The van der Waals surface area contributed by atoms with Gasteiger partial charge in [0, 0.05) is 50.8 Å². The molecule has 3 rings (SSSR count). The highest BCUT2D eigenvalue weighted by Crippen LogP contribution is 2.38. The van der Waals surface area contributed by atoms with E-state index in [0.717, 1.165) is 45.1 Å². The molecule has 2 fully saturated rings. The first-order valence-electron chi connectivity index (χ1n) is 8.80. The van der Waals surface area contributed by atoms with E-state index in [1.165, 1.54) is 0 Å². The van der Waals surface area contributed by atoms with Gasteiger partial charge >= 0.3 is 0 Å². The molecule has 1 atom stereocenters. The lowest BCUT2D eigenvalue weighted by Crippen LogP contribution is -2.44. The molecule has 1 aromatic carbocycles. The topological polar surface area (TPSA) is 66.0 Å². The van der Waals surface area contributed by atoms with Crippen molar-refractivity contribution < 1.29 is 9.53 Å². The maximum absolute atomic E-state index is 12.2. The Balaban J connectivity index is 1.43. The Labute approximate surface area is 163 Å². The van der Waals surface area contributed by atoms with Gasteiger partial charge in [-0.3, -0.25) is 9.79 Å². The van der Waals surface area contributed by atoms with Crippen molar-refractivity contribution in [2.24, 2.45) is 10.4 Å². The Morgan fingerprint density at radius 3 is 2.77 bits per heavy atom. The summed E-state index contributed by atoms with van der Waals surface area (Å²) in [6, 6.07) is 4.84. The van der Waals surface area contributed by atoms with E-state index in [1.807, 2.05) is 0 Å². The molecule has 0 aliphatic carbocycles. The molecule has 2 heterocycles. The quantitative estimate of drug-likeness (QED) is 0.464. The molecule has 2 saturated heterocycles. The minimum Gasteiger partial charge on any atom is -0.381 e. The Morgan fingerprint density at radius 1 is 1.27 bits per heavy atom. The maximum Gasteiger partial charge on any atom is 0.251 e. The van der Waals surface area contributed by atoms with Crippen molar-refractivity contribution >= 4 is 35.1 Å². The molecule has 0 radical (unpaired) electrons. The van der Waals surface area contributed by atoms with Crippen molar-refractivity contribution in [3.05, 3.63) is 33.8 Å². The molecule has 0 aromatic heterocycles. The second-order valence-electron chi connectivity index (χ2n) is 6.83. The van der Waals surface area contributed by atoms with Crippen LogP contribution in [-0.4, -0.2) is 63.2 Å². The molecular weight excluding hydrogens is 375 g/mol. The predicted octanol–water partition coefficient (Wildman–Crippen LogP) is 2.41. The smallest absolute Gasteiger partial charge is 0.251 e. The van der Waals surface area contributed by atoms with E-state index >= 15 is 0 Å². The number of benzene rings is 1. The van der Waals surface area contributed by atoms with Gasteiger partial charge in [0.15, 0.2) is 5.96 Å². The normalized spacial score (nSPS) is 22.9.